The molecule has 0 aliphatic heterocycles. The number of benzene rings is 2. The predicted octanol–water partition coefficient (Wildman–Crippen LogP) is 4.82. The van der Waals surface area contributed by atoms with Crippen molar-refractivity contribution in [3.63, 3.8) is 0 Å². The van der Waals surface area contributed by atoms with Crippen molar-refractivity contribution in [2.24, 2.45) is 0 Å². The van der Waals surface area contributed by atoms with Gasteiger partial charge in [0, 0.05) is 12.1 Å². The summed E-state index contributed by atoms with van der Waals surface area (Å²) in [7, 11) is 0. The van der Waals surface area contributed by atoms with Crippen molar-refractivity contribution in [1.82, 2.24) is 10.1 Å². The zero-order valence-electron chi connectivity index (χ0n) is 14.3. The highest BCUT2D eigenvalue weighted by Crippen LogP contribution is 2.34. The van der Waals surface area contributed by atoms with Crippen LogP contribution in [0.1, 0.15) is 32.3 Å². The highest BCUT2D eigenvalue weighted by Gasteiger charge is 2.18. The average molecular weight is 324 g/mol. The zero-order chi connectivity index (χ0) is 16.9. The Balaban J connectivity index is 2.02. The van der Waals surface area contributed by atoms with Crippen molar-refractivity contribution in [3.8, 4) is 17.0 Å². The maximum Gasteiger partial charge on any atom is 0.175 e. The van der Waals surface area contributed by atoms with E-state index in [-0.39, 0.29) is 5.75 Å². The molecule has 4 heteroatoms. The van der Waals surface area contributed by atoms with Gasteiger partial charge >= 0.3 is 0 Å². The number of phenolic OH excluding ortho intramolecular Hbond substituents is 1. The van der Waals surface area contributed by atoms with Gasteiger partial charge < -0.3 is 9.63 Å². The first-order chi connectivity index (χ1) is 11.7. The Morgan fingerprint density at radius 1 is 1.00 bits per heavy atom. The van der Waals surface area contributed by atoms with Crippen LogP contribution < -0.4 is 0 Å². The second-order valence-corrected chi connectivity index (χ2v) is 6.11. The molecule has 0 saturated carbocycles. The van der Waals surface area contributed by atoms with Gasteiger partial charge in [0.25, 0.3) is 0 Å². The summed E-state index contributed by atoms with van der Waals surface area (Å²) in [4.78, 5) is 2.35. The highest BCUT2D eigenvalue weighted by atomic mass is 16.5. The van der Waals surface area contributed by atoms with E-state index in [0.717, 1.165) is 48.1 Å². The number of fused-ring (bicyclic) bond motifs is 1. The molecule has 0 saturated heterocycles. The molecule has 3 aromatic rings. The van der Waals surface area contributed by atoms with Crippen LogP contribution in [0.2, 0.25) is 0 Å². The summed E-state index contributed by atoms with van der Waals surface area (Å²) in [5.74, 6) is 0.274. The molecule has 0 atom stereocenters. The van der Waals surface area contributed by atoms with Crippen molar-refractivity contribution in [3.05, 3.63) is 48.0 Å². The van der Waals surface area contributed by atoms with Crippen LogP contribution in [0.5, 0.6) is 5.75 Å². The predicted molar refractivity (Wildman–Crippen MR) is 97.0 cm³/mol. The maximum atomic E-state index is 10.4. The van der Waals surface area contributed by atoms with Gasteiger partial charge in [-0.15, -0.1) is 0 Å². The smallest absolute Gasteiger partial charge is 0.175 e. The molecule has 0 radical (unpaired) electrons. The fraction of sp³-hybridized carbons (Fsp3) is 0.350. The Kier molecular flexibility index (Phi) is 5.16. The molecule has 1 heterocycles. The number of nitrogens with zero attached hydrogens (tertiary/aromatic N) is 2. The fourth-order valence-electron chi connectivity index (χ4n) is 3.13. The highest BCUT2D eigenvalue weighted by molar-refractivity contribution is 5.94. The third-order valence-electron chi connectivity index (χ3n) is 4.23. The molecule has 0 aliphatic rings. The molecule has 0 bridgehead atoms. The van der Waals surface area contributed by atoms with E-state index in [4.69, 9.17) is 4.52 Å². The fourth-order valence-corrected chi connectivity index (χ4v) is 3.13. The number of hydrogen-bond acceptors (Lipinski definition) is 4. The van der Waals surface area contributed by atoms with Gasteiger partial charge in [0.1, 0.15) is 11.4 Å². The van der Waals surface area contributed by atoms with Gasteiger partial charge in [-0.1, -0.05) is 49.3 Å². The average Bonchev–Trinajstić information content (AvgIpc) is 3.03. The number of aromatic nitrogens is 1. The third-order valence-corrected chi connectivity index (χ3v) is 4.23. The van der Waals surface area contributed by atoms with Crippen LogP contribution in [0.4, 0.5) is 0 Å². The van der Waals surface area contributed by atoms with Crippen LogP contribution in [0, 0.1) is 0 Å². The van der Waals surface area contributed by atoms with Gasteiger partial charge in [-0.2, -0.15) is 0 Å². The van der Waals surface area contributed by atoms with Crippen molar-refractivity contribution < 1.29 is 9.63 Å². The first-order valence-corrected chi connectivity index (χ1v) is 8.62. The van der Waals surface area contributed by atoms with Gasteiger partial charge in [0.05, 0.1) is 10.9 Å². The second-order valence-electron chi connectivity index (χ2n) is 6.11. The first kappa shape index (κ1) is 16.5. The summed E-state index contributed by atoms with van der Waals surface area (Å²) < 4.78 is 5.64. The van der Waals surface area contributed by atoms with Crippen molar-refractivity contribution in [2.45, 2.75) is 33.2 Å². The SMILES string of the molecule is CCCN(CCC)Cc1c(O)ccc2c(-c3ccccc3)noc12. The topological polar surface area (TPSA) is 49.5 Å². The normalized spacial score (nSPS) is 11.5. The summed E-state index contributed by atoms with van der Waals surface area (Å²) in [6.45, 7) is 7.02. The largest absolute Gasteiger partial charge is 0.507 e. The Morgan fingerprint density at radius 2 is 1.71 bits per heavy atom. The van der Waals surface area contributed by atoms with E-state index < -0.39 is 0 Å². The van der Waals surface area contributed by atoms with Gasteiger partial charge in [0.2, 0.25) is 0 Å². The van der Waals surface area contributed by atoms with Crippen LogP contribution in [0.15, 0.2) is 47.0 Å². The summed E-state index contributed by atoms with van der Waals surface area (Å²) in [6.07, 6.45) is 2.17. The van der Waals surface area contributed by atoms with Crippen LogP contribution >= 0.6 is 0 Å². The Bertz CT molecular complexity index is 790. The molecule has 3 rings (SSSR count). The summed E-state index contributed by atoms with van der Waals surface area (Å²) in [5.41, 5.74) is 3.35. The van der Waals surface area contributed by atoms with Crippen molar-refractivity contribution in [1.29, 1.82) is 0 Å². The minimum absolute atomic E-state index is 0.274. The zero-order valence-corrected chi connectivity index (χ0v) is 14.3. The molecule has 0 spiro atoms. The molecule has 2 aromatic carbocycles. The molecule has 4 nitrogen and oxygen atoms in total. The molecule has 0 amide bonds. The van der Waals surface area contributed by atoms with Gasteiger partial charge in [-0.25, -0.2) is 0 Å². The van der Waals surface area contributed by atoms with Crippen LogP contribution in [-0.4, -0.2) is 28.3 Å². The van der Waals surface area contributed by atoms with Crippen molar-refractivity contribution in [2.75, 3.05) is 13.1 Å². The standard InChI is InChI=1S/C20H24N2O2/c1-3-12-22(13-4-2)14-17-18(23)11-10-16-19(21-24-20(16)17)15-8-6-5-7-9-15/h5-11,23H,3-4,12-14H2,1-2H3. The molecular formula is C20H24N2O2. The quantitative estimate of drug-likeness (QED) is 0.677. The van der Waals surface area contributed by atoms with Crippen LogP contribution in [-0.2, 0) is 6.54 Å². The molecule has 126 valence electrons. The number of aromatic hydroxyl groups is 1. The molecule has 0 fully saturated rings. The second kappa shape index (κ2) is 7.49. The van der Waals surface area contributed by atoms with E-state index in [2.05, 4.69) is 23.9 Å². The summed E-state index contributed by atoms with van der Waals surface area (Å²) in [6, 6.07) is 13.6. The van der Waals surface area contributed by atoms with E-state index in [0.29, 0.717) is 12.1 Å². The lowest BCUT2D eigenvalue weighted by molar-refractivity contribution is 0.262. The monoisotopic (exact) mass is 324 g/mol. The van der Waals surface area contributed by atoms with Crippen LogP contribution in [0.25, 0.3) is 22.2 Å². The lowest BCUT2D eigenvalue weighted by atomic mass is 10.0. The molecule has 0 aliphatic carbocycles. The molecule has 0 unspecified atom stereocenters. The number of phenols is 1. The van der Waals surface area contributed by atoms with Gasteiger partial charge in [-0.3, -0.25) is 4.90 Å². The summed E-state index contributed by atoms with van der Waals surface area (Å²) in [5, 5.41) is 15.6. The Hall–Kier alpha value is -2.33. The third kappa shape index (κ3) is 3.29. The molecular weight excluding hydrogens is 300 g/mol. The number of rotatable bonds is 7. The van der Waals surface area contributed by atoms with E-state index in [1.165, 1.54) is 0 Å². The molecule has 1 aromatic heterocycles. The van der Waals surface area contributed by atoms with Gasteiger partial charge in [0.15, 0.2) is 5.58 Å². The first-order valence-electron chi connectivity index (χ1n) is 8.62. The maximum absolute atomic E-state index is 10.4. The van der Waals surface area contributed by atoms with E-state index >= 15 is 0 Å². The molecule has 24 heavy (non-hydrogen) atoms. The molecule has 1 N–H and O–H groups in total. The van der Waals surface area contributed by atoms with Gasteiger partial charge in [-0.05, 0) is 38.1 Å². The van der Waals surface area contributed by atoms with E-state index in [1.807, 2.05) is 36.4 Å². The minimum Gasteiger partial charge on any atom is -0.507 e. The lowest BCUT2D eigenvalue weighted by Gasteiger charge is -2.21. The Labute approximate surface area is 142 Å². The van der Waals surface area contributed by atoms with Crippen molar-refractivity contribution >= 4 is 11.0 Å². The minimum atomic E-state index is 0.274. The van der Waals surface area contributed by atoms with E-state index in [9.17, 15) is 5.11 Å². The number of hydrogen-bond donors (Lipinski definition) is 1. The lowest BCUT2D eigenvalue weighted by Crippen LogP contribution is -2.25. The van der Waals surface area contributed by atoms with E-state index in [1.54, 1.807) is 6.07 Å². The Morgan fingerprint density at radius 3 is 2.38 bits per heavy atom. The van der Waals surface area contributed by atoms with Crippen LogP contribution in [0.3, 0.4) is 0 Å². The summed E-state index contributed by atoms with van der Waals surface area (Å²) >= 11 is 0.